The van der Waals surface area contributed by atoms with Crippen molar-refractivity contribution in [3.05, 3.63) is 47.4 Å². The summed E-state index contributed by atoms with van der Waals surface area (Å²) in [5, 5.41) is 2.93. The third-order valence-electron chi connectivity index (χ3n) is 2.88. The Hall–Kier alpha value is -1.86. The number of hydrogen-bond donors (Lipinski definition) is 1. The summed E-state index contributed by atoms with van der Waals surface area (Å²) in [7, 11) is -0.901. The van der Waals surface area contributed by atoms with Crippen molar-refractivity contribution < 1.29 is 12.8 Å². The van der Waals surface area contributed by atoms with Gasteiger partial charge in [0, 0.05) is 20.3 Å². The van der Waals surface area contributed by atoms with E-state index < -0.39 is 15.8 Å². The Labute approximate surface area is 127 Å². The molecule has 112 valence electrons. The molecule has 0 spiro atoms. The van der Waals surface area contributed by atoms with Crippen LogP contribution in [-0.2, 0) is 10.0 Å². The zero-order valence-electron chi connectivity index (χ0n) is 11.3. The Morgan fingerprint density at radius 3 is 2.62 bits per heavy atom. The van der Waals surface area contributed by atoms with Crippen LogP contribution in [0.1, 0.15) is 0 Å². The first kappa shape index (κ1) is 15.5. The zero-order valence-corrected chi connectivity index (χ0v) is 12.9. The van der Waals surface area contributed by atoms with E-state index >= 15 is 0 Å². The lowest BCUT2D eigenvalue weighted by molar-refractivity contribution is 0.593. The minimum absolute atomic E-state index is 0.0711. The number of anilines is 2. The van der Waals surface area contributed by atoms with Gasteiger partial charge in [0.05, 0.1) is 10.7 Å². The van der Waals surface area contributed by atoms with Gasteiger partial charge >= 0.3 is 0 Å². The molecule has 0 amide bonds. The van der Waals surface area contributed by atoms with E-state index in [4.69, 9.17) is 11.6 Å². The standard InChI is InChI=1S/C13H13ClFN3O2S/c1-16-13-12(14)7-11(8-17-13)21(19,20)18(2)10-5-3-4-9(15)6-10/h3-8H,1-2H3,(H,16,17). The molecular weight excluding hydrogens is 317 g/mol. The van der Waals surface area contributed by atoms with E-state index in [-0.39, 0.29) is 15.6 Å². The second-order valence-electron chi connectivity index (χ2n) is 4.20. The maximum Gasteiger partial charge on any atom is 0.265 e. The van der Waals surface area contributed by atoms with E-state index in [1.54, 1.807) is 7.05 Å². The van der Waals surface area contributed by atoms with Gasteiger partial charge in [0.25, 0.3) is 10.0 Å². The number of pyridine rings is 1. The molecule has 0 bridgehead atoms. The van der Waals surface area contributed by atoms with Crippen molar-refractivity contribution in [3.63, 3.8) is 0 Å². The summed E-state index contributed by atoms with van der Waals surface area (Å²) in [5.41, 5.74) is 0.212. The predicted molar refractivity (Wildman–Crippen MR) is 80.8 cm³/mol. The molecular formula is C13H13ClFN3O2S. The van der Waals surface area contributed by atoms with Gasteiger partial charge in [0.2, 0.25) is 0 Å². The number of benzene rings is 1. The number of nitrogens with one attached hydrogen (secondary N) is 1. The fourth-order valence-electron chi connectivity index (χ4n) is 1.71. The molecule has 0 unspecified atom stereocenters. The predicted octanol–water partition coefficient (Wildman–Crippen LogP) is 2.74. The van der Waals surface area contributed by atoms with Gasteiger partial charge in [-0.15, -0.1) is 0 Å². The third-order valence-corrected chi connectivity index (χ3v) is 4.92. The first-order valence-corrected chi connectivity index (χ1v) is 7.76. The molecule has 0 saturated heterocycles. The van der Waals surface area contributed by atoms with Gasteiger partial charge in [0.15, 0.2) is 0 Å². The van der Waals surface area contributed by atoms with Crippen LogP contribution in [0.25, 0.3) is 0 Å². The highest BCUT2D eigenvalue weighted by molar-refractivity contribution is 7.92. The number of aromatic nitrogens is 1. The van der Waals surface area contributed by atoms with Gasteiger partial charge in [-0.2, -0.15) is 0 Å². The van der Waals surface area contributed by atoms with Crippen LogP contribution in [0.4, 0.5) is 15.9 Å². The number of nitrogens with zero attached hydrogens (tertiary/aromatic N) is 2. The summed E-state index contributed by atoms with van der Waals surface area (Å²) < 4.78 is 39.2. The molecule has 2 aromatic rings. The molecule has 1 N–H and O–H groups in total. The number of hydrogen-bond acceptors (Lipinski definition) is 4. The molecule has 2 rings (SSSR count). The molecule has 5 nitrogen and oxygen atoms in total. The van der Waals surface area contributed by atoms with Gasteiger partial charge < -0.3 is 5.32 Å². The third kappa shape index (κ3) is 3.08. The van der Waals surface area contributed by atoms with E-state index in [9.17, 15) is 12.8 Å². The van der Waals surface area contributed by atoms with E-state index in [0.717, 1.165) is 10.4 Å². The minimum atomic E-state index is -3.86. The largest absolute Gasteiger partial charge is 0.372 e. The van der Waals surface area contributed by atoms with Crippen LogP contribution in [-0.4, -0.2) is 27.5 Å². The maximum atomic E-state index is 13.2. The normalized spacial score (nSPS) is 11.2. The molecule has 0 aliphatic rings. The lowest BCUT2D eigenvalue weighted by Crippen LogP contribution is -2.26. The van der Waals surface area contributed by atoms with Crippen molar-refractivity contribution in [1.82, 2.24) is 4.98 Å². The summed E-state index contributed by atoms with van der Waals surface area (Å²) in [6.07, 6.45) is 1.20. The summed E-state index contributed by atoms with van der Waals surface area (Å²) in [6, 6.07) is 6.60. The molecule has 0 aliphatic heterocycles. The highest BCUT2D eigenvalue weighted by Crippen LogP contribution is 2.26. The minimum Gasteiger partial charge on any atom is -0.372 e. The molecule has 1 aromatic carbocycles. The first-order chi connectivity index (χ1) is 9.86. The second-order valence-corrected chi connectivity index (χ2v) is 6.58. The second kappa shape index (κ2) is 5.87. The highest BCUT2D eigenvalue weighted by Gasteiger charge is 2.23. The van der Waals surface area contributed by atoms with Gasteiger partial charge in [-0.1, -0.05) is 17.7 Å². The van der Waals surface area contributed by atoms with Crippen LogP contribution in [0.15, 0.2) is 41.4 Å². The zero-order chi connectivity index (χ0) is 15.6. The Balaban J connectivity index is 2.44. The highest BCUT2D eigenvalue weighted by atomic mass is 35.5. The Kier molecular flexibility index (Phi) is 4.34. The number of halogens is 2. The fraction of sp³-hybridized carbons (Fsp3) is 0.154. The Bertz CT molecular complexity index is 768. The van der Waals surface area contributed by atoms with Crippen molar-refractivity contribution in [2.45, 2.75) is 4.90 Å². The van der Waals surface area contributed by atoms with Crippen LogP contribution in [0.2, 0.25) is 5.02 Å². The topological polar surface area (TPSA) is 62.3 Å². The van der Waals surface area contributed by atoms with E-state index in [1.807, 2.05) is 0 Å². The van der Waals surface area contributed by atoms with Gasteiger partial charge in [0.1, 0.15) is 16.5 Å². The lowest BCUT2D eigenvalue weighted by atomic mass is 10.3. The van der Waals surface area contributed by atoms with Gasteiger partial charge in [-0.3, -0.25) is 4.31 Å². The van der Waals surface area contributed by atoms with E-state index in [2.05, 4.69) is 10.3 Å². The molecule has 1 aromatic heterocycles. The van der Waals surface area contributed by atoms with Crippen molar-refractivity contribution in [3.8, 4) is 0 Å². The molecule has 0 saturated carbocycles. The average Bonchev–Trinajstić information content (AvgIpc) is 2.46. The lowest BCUT2D eigenvalue weighted by Gasteiger charge is -2.19. The maximum absolute atomic E-state index is 13.2. The molecule has 0 aliphatic carbocycles. The average molecular weight is 330 g/mol. The van der Waals surface area contributed by atoms with Crippen LogP contribution in [0, 0.1) is 5.82 Å². The fourth-order valence-corrected chi connectivity index (χ4v) is 3.20. The van der Waals surface area contributed by atoms with Crippen molar-refractivity contribution >= 4 is 33.1 Å². The Morgan fingerprint density at radius 1 is 1.33 bits per heavy atom. The molecule has 8 heteroatoms. The molecule has 0 fully saturated rings. The SMILES string of the molecule is CNc1ncc(S(=O)(=O)N(C)c2cccc(F)c2)cc1Cl. The number of rotatable bonds is 4. The van der Waals surface area contributed by atoms with Gasteiger partial charge in [-0.25, -0.2) is 17.8 Å². The summed E-state index contributed by atoms with van der Waals surface area (Å²) in [4.78, 5) is 3.86. The molecule has 0 radical (unpaired) electrons. The van der Waals surface area contributed by atoms with Crippen LogP contribution in [0.3, 0.4) is 0 Å². The smallest absolute Gasteiger partial charge is 0.265 e. The van der Waals surface area contributed by atoms with Crippen LogP contribution >= 0.6 is 11.6 Å². The summed E-state index contributed by atoms with van der Waals surface area (Å²) in [5.74, 6) is -0.139. The van der Waals surface area contributed by atoms with E-state index in [0.29, 0.717) is 5.82 Å². The first-order valence-electron chi connectivity index (χ1n) is 5.94. The summed E-state index contributed by atoms with van der Waals surface area (Å²) >= 11 is 5.94. The quantitative estimate of drug-likeness (QED) is 0.937. The summed E-state index contributed by atoms with van der Waals surface area (Å²) in [6.45, 7) is 0. The van der Waals surface area contributed by atoms with Crippen molar-refractivity contribution in [1.29, 1.82) is 0 Å². The molecule has 21 heavy (non-hydrogen) atoms. The van der Waals surface area contributed by atoms with Crippen molar-refractivity contribution in [2.24, 2.45) is 0 Å². The Morgan fingerprint density at radius 2 is 2.05 bits per heavy atom. The van der Waals surface area contributed by atoms with Crippen LogP contribution in [0.5, 0.6) is 0 Å². The van der Waals surface area contributed by atoms with E-state index in [1.165, 1.54) is 37.5 Å². The van der Waals surface area contributed by atoms with Crippen molar-refractivity contribution in [2.75, 3.05) is 23.7 Å². The molecule has 1 heterocycles. The molecule has 0 atom stereocenters. The van der Waals surface area contributed by atoms with Gasteiger partial charge in [-0.05, 0) is 24.3 Å². The monoisotopic (exact) mass is 329 g/mol. The number of sulfonamides is 1. The van der Waals surface area contributed by atoms with Crippen LogP contribution < -0.4 is 9.62 Å².